The molecule has 0 fully saturated rings. The van der Waals surface area contributed by atoms with Crippen LogP contribution in [0.2, 0.25) is 0 Å². The summed E-state index contributed by atoms with van der Waals surface area (Å²) < 4.78 is 8.34. The Morgan fingerprint density at radius 1 is 1.25 bits per heavy atom. The first-order valence-corrected chi connectivity index (χ1v) is 1.37. The Hall–Kier alpha value is 1.95. The van der Waals surface area contributed by atoms with Gasteiger partial charge in [-0.1, -0.05) is 0 Å². The van der Waals surface area contributed by atoms with Gasteiger partial charge in [0.1, 0.15) is 0 Å². The molecule has 0 aromatic heterocycles. The molecule has 4 heteroatoms. The first-order chi connectivity index (χ1) is 1.00. The minimum absolute atomic E-state index is 0. The van der Waals surface area contributed by atoms with Crippen molar-refractivity contribution in [3.05, 3.63) is 0 Å². The van der Waals surface area contributed by atoms with Gasteiger partial charge in [-0.2, -0.15) is 0 Å². The van der Waals surface area contributed by atoms with Gasteiger partial charge < -0.3 is 0 Å². The van der Waals surface area contributed by atoms with Crippen molar-refractivity contribution in [2.45, 2.75) is 0 Å². The third-order valence-electron chi connectivity index (χ3n) is 0. The summed E-state index contributed by atoms with van der Waals surface area (Å²) in [4.78, 5) is 0. The number of hydrogen-bond acceptors (Lipinski definition) is 1. The Morgan fingerprint density at radius 2 is 1.25 bits per heavy atom. The van der Waals surface area contributed by atoms with Crippen LogP contribution in [0.5, 0.6) is 0 Å². The molecule has 0 heterocycles. The second-order valence-electron chi connectivity index (χ2n) is 0. The molecule has 0 aliphatic heterocycles. The second-order valence-corrected chi connectivity index (χ2v) is 0. The van der Waals surface area contributed by atoms with Crippen LogP contribution in [0.1, 0.15) is 0 Å². The van der Waals surface area contributed by atoms with E-state index >= 15 is 0 Å². The Morgan fingerprint density at radius 3 is 1.25 bits per heavy atom. The van der Waals surface area contributed by atoms with E-state index in [-0.39, 0.29) is 41.8 Å². The van der Waals surface area contributed by atoms with Crippen molar-refractivity contribution >= 4 is 46.9 Å². The van der Waals surface area contributed by atoms with Gasteiger partial charge >= 0.3 is 50.0 Å². The van der Waals surface area contributed by atoms with Crippen LogP contribution in [-0.2, 0) is 20.4 Å². The van der Waals surface area contributed by atoms with E-state index in [1.807, 2.05) is 0 Å². The van der Waals surface area contributed by atoms with Gasteiger partial charge in [-0.25, -0.2) is 0 Å². The maximum absolute atomic E-state index is 8.34. The van der Waals surface area contributed by atoms with Crippen molar-refractivity contribution in [2.75, 3.05) is 0 Å². The van der Waals surface area contributed by atoms with E-state index in [1.165, 1.54) is 0 Å². The summed E-state index contributed by atoms with van der Waals surface area (Å²) in [6, 6.07) is 0. The molecule has 1 nitrogen and oxygen atoms in total. The molecule has 0 aromatic rings. The first kappa shape index (κ1) is 16.8. The SMILES string of the molecule is [Cr].[O]=[Sn].[SbH3]. The number of hydrogen-bond donors (Lipinski definition) is 0. The fourth-order valence-electron chi connectivity index (χ4n) is 0. The predicted molar refractivity (Wildman–Crippen MR) is 16.4 cm³/mol. The Labute approximate surface area is 66.6 Å². The van der Waals surface area contributed by atoms with Crippen LogP contribution in [0, 0.1) is 0 Å². The van der Waals surface area contributed by atoms with Crippen molar-refractivity contribution in [2.24, 2.45) is 0 Å². The molecule has 0 amide bonds. The van der Waals surface area contributed by atoms with Gasteiger partial charge in [0.05, 0.1) is 0 Å². The van der Waals surface area contributed by atoms with E-state index in [4.69, 9.17) is 3.08 Å². The van der Waals surface area contributed by atoms with Gasteiger partial charge in [0.25, 0.3) is 0 Å². The summed E-state index contributed by atoms with van der Waals surface area (Å²) in [5, 5.41) is 0. The molecule has 0 saturated carbocycles. The Kier molecular flexibility index (Phi) is 85.1. The zero-order valence-electron chi connectivity index (χ0n) is 2.02. The third kappa shape index (κ3) is 9.04. The molecule has 24 valence electrons. The molecule has 0 aliphatic carbocycles. The Balaban J connectivity index is -0.00000000500. The third-order valence-corrected chi connectivity index (χ3v) is 0. The molecule has 0 bridgehead atoms. The average Bonchev–Trinajstić information content (AvgIpc) is 1.00. The van der Waals surface area contributed by atoms with E-state index in [0.29, 0.717) is 22.5 Å². The molecule has 0 unspecified atom stereocenters. The number of rotatable bonds is 0. The first-order valence-electron chi connectivity index (χ1n) is 0.204. The van der Waals surface area contributed by atoms with E-state index in [0.717, 1.165) is 0 Å². The van der Waals surface area contributed by atoms with Gasteiger partial charge in [0.15, 0.2) is 0 Å². The van der Waals surface area contributed by atoms with E-state index in [2.05, 4.69) is 0 Å². The van der Waals surface area contributed by atoms with E-state index < -0.39 is 0 Å². The monoisotopic (exact) mass is 312 g/mol. The Bertz CT molecular complexity index is 8.00. The zero-order valence-corrected chi connectivity index (χ0v) is 10.2. The zero-order chi connectivity index (χ0) is 2.00. The van der Waals surface area contributed by atoms with Gasteiger partial charge in [0, 0.05) is 17.4 Å². The molecule has 0 aliphatic rings. The maximum atomic E-state index is 8.34. The molecule has 0 N–H and O–H groups in total. The summed E-state index contributed by atoms with van der Waals surface area (Å²) in [7, 11) is 0. The van der Waals surface area contributed by atoms with Crippen LogP contribution in [0.25, 0.3) is 0 Å². The van der Waals surface area contributed by atoms with Crippen LogP contribution in [0.4, 0.5) is 0 Å². The fraction of sp³-hybridized carbons (Fsp3) is 0. The minimum atomic E-state index is 0. The summed E-state index contributed by atoms with van der Waals surface area (Å²) >= 11 is 0.300. The summed E-state index contributed by atoms with van der Waals surface area (Å²) in [6.07, 6.45) is 0. The molecule has 0 saturated heterocycles. The molecule has 0 spiro atoms. The van der Waals surface area contributed by atoms with E-state index in [9.17, 15) is 0 Å². The van der Waals surface area contributed by atoms with Crippen LogP contribution in [0.15, 0.2) is 0 Å². The van der Waals surface area contributed by atoms with Gasteiger partial charge in [-0.15, -0.1) is 0 Å². The van der Waals surface area contributed by atoms with E-state index in [1.54, 1.807) is 0 Å². The molecular weight excluding hydrogens is 308 g/mol. The quantitative estimate of drug-likeness (QED) is 0.488. The van der Waals surface area contributed by atoms with Crippen molar-refractivity contribution in [3.8, 4) is 0 Å². The summed E-state index contributed by atoms with van der Waals surface area (Å²) in [6.45, 7) is 0. The summed E-state index contributed by atoms with van der Waals surface area (Å²) in [5.41, 5.74) is 0. The summed E-state index contributed by atoms with van der Waals surface area (Å²) in [5.74, 6) is 0. The van der Waals surface area contributed by atoms with Gasteiger partial charge in [-0.3, -0.25) is 0 Å². The average molecular weight is 311 g/mol. The van der Waals surface area contributed by atoms with Crippen molar-refractivity contribution in [3.63, 3.8) is 0 Å². The molecular formula is H3CrOSbSn. The predicted octanol–water partition coefficient (Wildman–Crippen LogP) is -1.69. The molecule has 4 heavy (non-hydrogen) atoms. The molecule has 0 aromatic carbocycles. The molecule has 0 atom stereocenters. The van der Waals surface area contributed by atoms with Crippen LogP contribution < -0.4 is 0 Å². The second kappa shape index (κ2) is 20.3. The van der Waals surface area contributed by atoms with Gasteiger partial charge in [-0.05, 0) is 0 Å². The van der Waals surface area contributed by atoms with Crippen LogP contribution in [0.3, 0.4) is 0 Å². The van der Waals surface area contributed by atoms with Crippen molar-refractivity contribution in [1.29, 1.82) is 0 Å². The molecule has 2 radical (unpaired) electrons. The van der Waals surface area contributed by atoms with Gasteiger partial charge in [0.2, 0.25) is 0 Å². The van der Waals surface area contributed by atoms with Crippen molar-refractivity contribution in [1.82, 2.24) is 0 Å². The van der Waals surface area contributed by atoms with Crippen LogP contribution >= 0.6 is 0 Å². The van der Waals surface area contributed by atoms with Crippen LogP contribution in [-0.4, -0.2) is 46.9 Å². The topological polar surface area (TPSA) is 17.1 Å². The fourth-order valence-corrected chi connectivity index (χ4v) is 0. The molecule has 0 rings (SSSR count). The normalized spacial score (nSPS) is 1.00. The standard InChI is InChI=1S/Cr.O.Sb.Sn.3H. The van der Waals surface area contributed by atoms with Crippen molar-refractivity contribution < 1.29 is 20.4 Å².